The fraction of sp³-hybridized carbons (Fsp3) is 0.887. The predicted molar refractivity (Wildman–Crippen MR) is 305 cm³/mol. The van der Waals surface area contributed by atoms with Crippen molar-refractivity contribution < 1.29 is 62.0 Å². The first-order valence-corrected chi connectivity index (χ1v) is 30.7. The van der Waals surface area contributed by atoms with Gasteiger partial charge in [-0.05, 0) is 78.1 Å². The highest BCUT2D eigenvalue weighted by atomic mass is 16.6. The van der Waals surface area contributed by atoms with Crippen LogP contribution < -0.4 is 0 Å². The van der Waals surface area contributed by atoms with Crippen LogP contribution in [0.3, 0.4) is 0 Å². The Labute approximate surface area is 464 Å². The highest BCUT2D eigenvalue weighted by molar-refractivity contribution is 5.77. The van der Waals surface area contributed by atoms with Gasteiger partial charge < -0.3 is 38.1 Å². The number of hydrogen-bond donors (Lipinski definition) is 0. The molecule has 0 aromatic rings. The SMILES string of the molecule is CCCCCCC.CCCCCCCCOC(=O)CC(CC(=O)OCC)CC(=O)OC1CC(CC)N(C(=O)OC(C)(C)C)C1.CCCCCCCCOC(=O)CC(CC)CC(=O)OCCCCCCCC.O=CC1CC1. The summed E-state index contributed by atoms with van der Waals surface area (Å²) in [5, 5.41) is 0. The van der Waals surface area contributed by atoms with Gasteiger partial charge in [0.05, 0.1) is 33.0 Å². The van der Waals surface area contributed by atoms with Gasteiger partial charge in [0.25, 0.3) is 0 Å². The van der Waals surface area contributed by atoms with Crippen molar-refractivity contribution in [2.75, 3.05) is 33.0 Å². The van der Waals surface area contributed by atoms with Crippen molar-refractivity contribution in [1.29, 1.82) is 0 Å². The summed E-state index contributed by atoms with van der Waals surface area (Å²) < 4.78 is 32.1. The Morgan fingerprint density at radius 1 is 0.487 bits per heavy atom. The first-order chi connectivity index (χ1) is 36.5. The van der Waals surface area contributed by atoms with Crippen molar-refractivity contribution >= 4 is 42.2 Å². The van der Waals surface area contributed by atoms with E-state index in [9.17, 15) is 33.6 Å². The van der Waals surface area contributed by atoms with Crippen LogP contribution in [0.25, 0.3) is 0 Å². The molecule has 446 valence electrons. The number of rotatable bonds is 40. The monoisotopic (exact) mass is 1080 g/mol. The van der Waals surface area contributed by atoms with E-state index in [0.29, 0.717) is 51.4 Å². The molecule has 1 saturated heterocycles. The Balaban J connectivity index is 0. The third kappa shape index (κ3) is 47.5. The number of hydrogen-bond acceptors (Lipinski definition) is 13. The Kier molecular flexibility index (Phi) is 49.7. The van der Waals surface area contributed by atoms with Crippen LogP contribution in [-0.4, -0.2) is 97.8 Å². The maximum Gasteiger partial charge on any atom is 0.410 e. The number of carbonyl (C=O) groups excluding carboxylic acids is 7. The number of nitrogens with zero attached hydrogens (tertiary/aromatic N) is 1. The number of amides is 1. The molecule has 0 N–H and O–H groups in total. The first kappa shape index (κ1) is 74.4. The van der Waals surface area contributed by atoms with Crippen LogP contribution >= 0.6 is 0 Å². The van der Waals surface area contributed by atoms with Crippen molar-refractivity contribution in [2.24, 2.45) is 17.8 Å². The molecular formula is C62H115NO13. The average molecular weight is 1080 g/mol. The molecule has 14 nitrogen and oxygen atoms in total. The zero-order chi connectivity index (χ0) is 57.2. The molecule has 1 aliphatic heterocycles. The van der Waals surface area contributed by atoms with E-state index in [1.807, 2.05) is 34.6 Å². The van der Waals surface area contributed by atoms with Crippen LogP contribution in [0.15, 0.2) is 0 Å². The predicted octanol–water partition coefficient (Wildman–Crippen LogP) is 15.7. The van der Waals surface area contributed by atoms with Gasteiger partial charge in [0.15, 0.2) is 0 Å². The van der Waals surface area contributed by atoms with Crippen LogP contribution in [0.1, 0.15) is 288 Å². The zero-order valence-electron chi connectivity index (χ0n) is 50.6. The lowest BCUT2D eigenvalue weighted by Crippen LogP contribution is -2.40. The van der Waals surface area contributed by atoms with Gasteiger partial charge in [-0.15, -0.1) is 0 Å². The molecule has 0 aromatic carbocycles. The smallest absolute Gasteiger partial charge is 0.410 e. The largest absolute Gasteiger partial charge is 0.466 e. The lowest BCUT2D eigenvalue weighted by atomic mass is 9.97. The van der Waals surface area contributed by atoms with Crippen LogP contribution in [-0.2, 0) is 57.2 Å². The number of carbonyl (C=O) groups is 7. The summed E-state index contributed by atoms with van der Waals surface area (Å²) in [6.45, 7) is 24.0. The van der Waals surface area contributed by atoms with Crippen LogP contribution in [0.4, 0.5) is 4.79 Å². The van der Waals surface area contributed by atoms with Crippen molar-refractivity contribution in [1.82, 2.24) is 4.90 Å². The molecule has 1 amide bonds. The summed E-state index contributed by atoms with van der Waals surface area (Å²) in [5.74, 6) is -1.86. The second-order valence-electron chi connectivity index (χ2n) is 22.0. The molecular weight excluding hydrogens is 967 g/mol. The standard InChI is InChI=1S/C28H49NO8.C23H44O4.C7H16.C4H6O/c1-7-10-11-12-13-14-15-35-25(31)17-21(16-24(30)34-9-3)18-26(32)36-23-19-22(8-2)29(20-23)27(33)37-28(4,5)6;1-4-7-9-11-13-15-17-26-22(24)19-21(6-3)20-23(25)27-18-16-14-12-10-8-5-2;1-3-5-7-6-4-2;5-3-4-1-2-4/h21-23H,7-20H2,1-6H3;21H,4-20H2,1-3H3;3-7H2,1-2H3;3-4H,1-2H2. The molecule has 0 radical (unpaired) electrons. The second-order valence-corrected chi connectivity index (χ2v) is 22.0. The van der Waals surface area contributed by atoms with E-state index in [1.165, 1.54) is 103 Å². The van der Waals surface area contributed by atoms with Gasteiger partial charge in [-0.1, -0.05) is 183 Å². The molecule has 0 aromatic heterocycles. The molecule has 1 heterocycles. The van der Waals surface area contributed by atoms with E-state index in [0.717, 1.165) is 70.5 Å². The minimum atomic E-state index is -0.617. The minimum Gasteiger partial charge on any atom is -0.466 e. The molecule has 76 heavy (non-hydrogen) atoms. The van der Waals surface area contributed by atoms with Gasteiger partial charge >= 0.3 is 35.9 Å². The van der Waals surface area contributed by atoms with Gasteiger partial charge in [0, 0.05) is 50.5 Å². The average Bonchev–Trinajstić information content (AvgIpc) is 4.13. The summed E-state index contributed by atoms with van der Waals surface area (Å²) in [4.78, 5) is 84.8. The molecule has 2 aliphatic rings. The summed E-state index contributed by atoms with van der Waals surface area (Å²) in [5.41, 5.74) is -0.617. The molecule has 2 rings (SSSR count). The van der Waals surface area contributed by atoms with E-state index < -0.39 is 41.6 Å². The number of ether oxygens (including phenoxy) is 6. The molecule has 14 heteroatoms. The topological polar surface area (TPSA) is 178 Å². The van der Waals surface area contributed by atoms with Gasteiger partial charge in [-0.25, -0.2) is 4.79 Å². The molecule has 2 fully saturated rings. The van der Waals surface area contributed by atoms with E-state index in [2.05, 4.69) is 34.6 Å². The molecule has 1 aliphatic carbocycles. The van der Waals surface area contributed by atoms with Crippen molar-refractivity contribution in [2.45, 2.75) is 306 Å². The zero-order valence-corrected chi connectivity index (χ0v) is 50.6. The van der Waals surface area contributed by atoms with Crippen molar-refractivity contribution in [3.63, 3.8) is 0 Å². The van der Waals surface area contributed by atoms with Crippen LogP contribution in [0.5, 0.6) is 0 Å². The Morgan fingerprint density at radius 3 is 1.17 bits per heavy atom. The Bertz CT molecular complexity index is 1420. The Morgan fingerprint density at radius 2 is 0.842 bits per heavy atom. The third-order valence-corrected chi connectivity index (χ3v) is 13.2. The molecule has 3 unspecified atom stereocenters. The van der Waals surface area contributed by atoms with E-state index >= 15 is 0 Å². The highest BCUT2D eigenvalue weighted by Gasteiger charge is 2.39. The van der Waals surface area contributed by atoms with E-state index in [1.54, 1.807) is 11.8 Å². The summed E-state index contributed by atoms with van der Waals surface area (Å²) in [6, 6.07) is -0.0834. The molecule has 0 spiro atoms. The van der Waals surface area contributed by atoms with Crippen molar-refractivity contribution in [3.05, 3.63) is 0 Å². The van der Waals surface area contributed by atoms with Crippen LogP contribution in [0.2, 0.25) is 0 Å². The Hall–Kier alpha value is -3.71. The van der Waals surface area contributed by atoms with Crippen molar-refractivity contribution in [3.8, 4) is 0 Å². The lowest BCUT2D eigenvalue weighted by molar-refractivity contribution is -0.153. The van der Waals surface area contributed by atoms with Gasteiger partial charge in [-0.2, -0.15) is 0 Å². The fourth-order valence-electron chi connectivity index (χ4n) is 8.39. The highest BCUT2D eigenvalue weighted by Crippen LogP contribution is 2.27. The quantitative estimate of drug-likeness (QED) is 0.0245. The van der Waals surface area contributed by atoms with E-state index in [-0.39, 0.29) is 56.3 Å². The van der Waals surface area contributed by atoms with Gasteiger partial charge in [0.2, 0.25) is 0 Å². The number of likely N-dealkylation sites (tertiary alicyclic amines) is 1. The molecule has 1 saturated carbocycles. The first-order valence-electron chi connectivity index (χ1n) is 30.7. The summed E-state index contributed by atoms with van der Waals surface area (Å²) in [7, 11) is 0. The summed E-state index contributed by atoms with van der Waals surface area (Å²) in [6.07, 6.45) is 32.5. The normalized spacial score (nSPS) is 15.1. The third-order valence-electron chi connectivity index (χ3n) is 13.2. The maximum absolute atomic E-state index is 12.8. The van der Waals surface area contributed by atoms with Gasteiger partial charge in [0.1, 0.15) is 18.0 Å². The summed E-state index contributed by atoms with van der Waals surface area (Å²) >= 11 is 0. The maximum atomic E-state index is 12.8. The van der Waals surface area contributed by atoms with Gasteiger partial charge in [-0.3, -0.25) is 24.0 Å². The molecule has 3 atom stereocenters. The fourth-order valence-corrected chi connectivity index (χ4v) is 8.39. The molecule has 0 bridgehead atoms. The number of aldehydes is 1. The lowest BCUT2D eigenvalue weighted by Gasteiger charge is -2.27. The second kappa shape index (κ2) is 50.8. The minimum absolute atomic E-state index is 0.0270. The van der Waals surface area contributed by atoms with E-state index in [4.69, 9.17) is 28.4 Å². The van der Waals surface area contributed by atoms with Crippen LogP contribution in [0, 0.1) is 17.8 Å². The number of esters is 5. The number of unbranched alkanes of at least 4 members (excludes halogenated alkanes) is 19.